The summed E-state index contributed by atoms with van der Waals surface area (Å²) in [5, 5.41) is 0. The summed E-state index contributed by atoms with van der Waals surface area (Å²) in [5.74, 6) is 0.179. The Hall–Kier alpha value is -2.22. The van der Waals surface area contributed by atoms with Crippen LogP contribution >= 0.6 is 0 Å². The monoisotopic (exact) mass is 278 g/mol. The number of rotatable bonds is 2. The lowest BCUT2D eigenvalue weighted by Crippen LogP contribution is -2.21. The molecule has 0 amide bonds. The van der Waals surface area contributed by atoms with Gasteiger partial charge >= 0.3 is 0 Å². The van der Waals surface area contributed by atoms with Crippen LogP contribution in [0.3, 0.4) is 0 Å². The number of carbonyl (C=O) groups excluding carboxylic acids is 2. The first-order valence-corrected chi connectivity index (χ1v) is 7.32. The van der Waals surface area contributed by atoms with Crippen LogP contribution in [0.15, 0.2) is 48.5 Å². The van der Waals surface area contributed by atoms with Crippen LogP contribution in [0.2, 0.25) is 0 Å². The molecule has 0 radical (unpaired) electrons. The van der Waals surface area contributed by atoms with E-state index in [1.807, 2.05) is 12.1 Å². The van der Waals surface area contributed by atoms with Crippen molar-refractivity contribution in [3.05, 3.63) is 59.7 Å². The molecule has 0 aromatic heterocycles. The van der Waals surface area contributed by atoms with Gasteiger partial charge in [0.25, 0.3) is 0 Å². The van der Waals surface area contributed by atoms with E-state index in [2.05, 4.69) is 43.3 Å². The topological polar surface area (TPSA) is 34.1 Å². The van der Waals surface area contributed by atoms with Crippen molar-refractivity contribution < 1.29 is 9.59 Å². The second kappa shape index (κ2) is 5.65. The predicted molar refractivity (Wildman–Crippen MR) is 83.2 cm³/mol. The first kappa shape index (κ1) is 13.7. The van der Waals surface area contributed by atoms with Crippen molar-refractivity contribution in [3.8, 4) is 11.1 Å². The molecule has 2 heteroatoms. The average molecular weight is 278 g/mol. The summed E-state index contributed by atoms with van der Waals surface area (Å²) in [5.41, 5.74) is 4.63. The fourth-order valence-corrected chi connectivity index (χ4v) is 2.94. The molecular weight excluding hydrogens is 260 g/mol. The van der Waals surface area contributed by atoms with E-state index in [9.17, 15) is 9.59 Å². The molecule has 0 atom stereocenters. The van der Waals surface area contributed by atoms with Gasteiger partial charge in [-0.15, -0.1) is 0 Å². The molecule has 0 heterocycles. The zero-order valence-corrected chi connectivity index (χ0v) is 12.1. The summed E-state index contributed by atoms with van der Waals surface area (Å²) in [6.45, 7) is 2.07. The smallest absolute Gasteiger partial charge is 0.140 e. The molecule has 106 valence electrons. The highest BCUT2D eigenvalue weighted by atomic mass is 16.1. The average Bonchev–Trinajstić information content (AvgIpc) is 2.47. The zero-order chi connectivity index (χ0) is 14.8. The number of ketones is 2. The van der Waals surface area contributed by atoms with Gasteiger partial charge in [-0.3, -0.25) is 9.59 Å². The van der Waals surface area contributed by atoms with Crippen molar-refractivity contribution in [1.82, 2.24) is 0 Å². The quantitative estimate of drug-likeness (QED) is 0.776. The Morgan fingerprint density at radius 1 is 0.857 bits per heavy atom. The summed E-state index contributed by atoms with van der Waals surface area (Å²) in [7, 11) is 0. The molecule has 0 spiro atoms. The number of hydrogen-bond acceptors (Lipinski definition) is 2. The van der Waals surface area contributed by atoms with Crippen LogP contribution in [0, 0.1) is 6.92 Å². The molecule has 2 nitrogen and oxygen atoms in total. The highest BCUT2D eigenvalue weighted by Gasteiger charge is 2.26. The summed E-state index contributed by atoms with van der Waals surface area (Å²) < 4.78 is 0. The van der Waals surface area contributed by atoms with Gasteiger partial charge in [-0.1, -0.05) is 54.1 Å². The maximum atomic E-state index is 11.6. The zero-order valence-electron chi connectivity index (χ0n) is 12.1. The summed E-state index contributed by atoms with van der Waals surface area (Å²) in [4.78, 5) is 23.3. The molecule has 0 unspecified atom stereocenters. The van der Waals surface area contributed by atoms with Crippen LogP contribution in [-0.4, -0.2) is 11.6 Å². The molecule has 0 saturated heterocycles. The number of benzene rings is 2. The third-order valence-corrected chi connectivity index (χ3v) is 4.09. The molecule has 1 fully saturated rings. The Bertz CT molecular complexity index is 667. The SMILES string of the molecule is Cc1ccc(-c2cccc(C3CC(=O)CC(=O)C3)c2)cc1. The van der Waals surface area contributed by atoms with E-state index < -0.39 is 0 Å². The second-order valence-corrected chi connectivity index (χ2v) is 5.85. The molecule has 1 aliphatic carbocycles. The maximum absolute atomic E-state index is 11.6. The van der Waals surface area contributed by atoms with E-state index in [0.29, 0.717) is 12.8 Å². The number of aryl methyl sites for hydroxylation is 1. The lowest BCUT2D eigenvalue weighted by Gasteiger charge is -2.21. The van der Waals surface area contributed by atoms with Crippen LogP contribution in [0.25, 0.3) is 11.1 Å². The fourth-order valence-electron chi connectivity index (χ4n) is 2.94. The molecule has 1 aliphatic rings. The molecule has 0 N–H and O–H groups in total. The summed E-state index contributed by atoms with van der Waals surface area (Å²) in [6, 6.07) is 16.6. The van der Waals surface area contributed by atoms with Crippen molar-refractivity contribution in [3.63, 3.8) is 0 Å². The van der Waals surface area contributed by atoms with E-state index in [0.717, 1.165) is 16.7 Å². The van der Waals surface area contributed by atoms with Crippen molar-refractivity contribution in [2.75, 3.05) is 0 Å². The Labute approximate surface area is 124 Å². The van der Waals surface area contributed by atoms with Gasteiger partial charge in [-0.25, -0.2) is 0 Å². The van der Waals surface area contributed by atoms with Crippen molar-refractivity contribution >= 4 is 11.6 Å². The molecule has 2 aromatic carbocycles. The van der Waals surface area contributed by atoms with Crippen molar-refractivity contribution in [2.24, 2.45) is 0 Å². The van der Waals surface area contributed by atoms with Crippen molar-refractivity contribution in [1.29, 1.82) is 0 Å². The van der Waals surface area contributed by atoms with Crippen LogP contribution in [0.5, 0.6) is 0 Å². The largest absolute Gasteiger partial charge is 0.299 e. The Morgan fingerprint density at radius 2 is 1.52 bits per heavy atom. The minimum absolute atomic E-state index is 0.0455. The normalized spacial score (nSPS) is 16.2. The minimum Gasteiger partial charge on any atom is -0.299 e. The maximum Gasteiger partial charge on any atom is 0.140 e. The Balaban J connectivity index is 1.91. The van der Waals surface area contributed by atoms with Crippen LogP contribution < -0.4 is 0 Å². The highest BCUT2D eigenvalue weighted by molar-refractivity contribution is 6.02. The van der Waals surface area contributed by atoms with E-state index in [-0.39, 0.29) is 23.9 Å². The lowest BCUT2D eigenvalue weighted by molar-refractivity contribution is -0.130. The van der Waals surface area contributed by atoms with Gasteiger partial charge in [0.2, 0.25) is 0 Å². The van der Waals surface area contributed by atoms with Gasteiger partial charge in [0.15, 0.2) is 0 Å². The molecule has 21 heavy (non-hydrogen) atoms. The van der Waals surface area contributed by atoms with Crippen LogP contribution in [0.1, 0.15) is 36.3 Å². The first-order chi connectivity index (χ1) is 10.1. The summed E-state index contributed by atoms with van der Waals surface area (Å²) in [6.07, 6.45) is 1.10. The molecule has 2 aromatic rings. The van der Waals surface area contributed by atoms with E-state index in [1.165, 1.54) is 5.56 Å². The molecule has 0 bridgehead atoms. The first-order valence-electron chi connectivity index (χ1n) is 7.32. The third kappa shape index (κ3) is 3.10. The fraction of sp³-hybridized carbons (Fsp3) is 0.263. The van der Waals surface area contributed by atoms with Gasteiger partial charge in [0.05, 0.1) is 6.42 Å². The number of Topliss-reactive ketones (excluding diaryl/α,β-unsaturated/α-hetero) is 2. The van der Waals surface area contributed by atoms with E-state index in [4.69, 9.17) is 0 Å². The molecule has 3 rings (SSSR count). The number of hydrogen-bond donors (Lipinski definition) is 0. The Kier molecular flexibility index (Phi) is 3.70. The van der Waals surface area contributed by atoms with Gasteiger partial charge in [0, 0.05) is 12.8 Å². The van der Waals surface area contributed by atoms with Gasteiger partial charge in [-0.05, 0) is 29.5 Å². The Morgan fingerprint density at radius 3 is 2.19 bits per heavy atom. The molecular formula is C19H18O2. The minimum atomic E-state index is 0.0455. The van der Waals surface area contributed by atoms with E-state index >= 15 is 0 Å². The van der Waals surface area contributed by atoms with Crippen LogP contribution in [0.4, 0.5) is 0 Å². The number of carbonyl (C=O) groups is 2. The van der Waals surface area contributed by atoms with Gasteiger partial charge in [-0.2, -0.15) is 0 Å². The van der Waals surface area contributed by atoms with Gasteiger partial charge < -0.3 is 0 Å². The lowest BCUT2D eigenvalue weighted by atomic mass is 9.82. The van der Waals surface area contributed by atoms with E-state index in [1.54, 1.807) is 0 Å². The van der Waals surface area contributed by atoms with Crippen LogP contribution in [-0.2, 0) is 9.59 Å². The highest BCUT2D eigenvalue weighted by Crippen LogP contribution is 2.31. The third-order valence-electron chi connectivity index (χ3n) is 4.09. The molecule has 0 aliphatic heterocycles. The molecule has 1 saturated carbocycles. The standard InChI is InChI=1S/C19H18O2/c1-13-5-7-14(8-6-13)15-3-2-4-16(9-15)17-10-18(20)12-19(21)11-17/h2-9,17H,10-12H2,1H3. The summed E-state index contributed by atoms with van der Waals surface area (Å²) >= 11 is 0. The van der Waals surface area contributed by atoms with Crippen molar-refractivity contribution in [2.45, 2.75) is 32.1 Å². The van der Waals surface area contributed by atoms with Gasteiger partial charge in [0.1, 0.15) is 11.6 Å². The predicted octanol–water partition coefficient (Wildman–Crippen LogP) is 4.07. The second-order valence-electron chi connectivity index (χ2n) is 5.85.